The van der Waals surface area contributed by atoms with Crippen LogP contribution >= 0.6 is 15.9 Å². The lowest BCUT2D eigenvalue weighted by molar-refractivity contribution is 0.140. The molecule has 7 nitrogen and oxygen atoms in total. The molecule has 0 bridgehead atoms. The van der Waals surface area contributed by atoms with E-state index < -0.39 is 6.16 Å². The Morgan fingerprint density at radius 3 is 2.72 bits per heavy atom. The Hall–Kier alpha value is -3.46. The number of aromatic nitrogens is 3. The van der Waals surface area contributed by atoms with Gasteiger partial charge in [0.2, 0.25) is 0 Å². The molecule has 1 aliphatic carbocycles. The third-order valence-electron chi connectivity index (χ3n) is 6.76. The lowest BCUT2D eigenvalue weighted by Crippen LogP contribution is -2.31. The Bertz CT molecular complexity index is 1450. The first kappa shape index (κ1) is 24.2. The van der Waals surface area contributed by atoms with E-state index in [2.05, 4.69) is 44.2 Å². The molecule has 1 fully saturated rings. The predicted molar refractivity (Wildman–Crippen MR) is 140 cm³/mol. The molecular weight excluding hydrogens is 527 g/mol. The maximum atomic E-state index is 14.4. The first-order valence-electron chi connectivity index (χ1n) is 11.9. The normalized spacial score (nSPS) is 14.4. The number of hydrogen-bond acceptors (Lipinski definition) is 5. The van der Waals surface area contributed by atoms with Crippen molar-refractivity contribution in [3.63, 3.8) is 0 Å². The number of anilines is 1. The maximum Gasteiger partial charge on any atom is 0.513 e. The molecule has 2 aromatic heterocycles. The Balaban J connectivity index is 1.71. The quantitative estimate of drug-likeness (QED) is 0.239. The molecule has 0 radical (unpaired) electrons. The maximum absolute atomic E-state index is 14.4. The second-order valence-corrected chi connectivity index (χ2v) is 10.2. The fourth-order valence-electron chi connectivity index (χ4n) is 4.67. The van der Waals surface area contributed by atoms with Gasteiger partial charge in [-0.05, 0) is 83.9 Å². The number of carbonyl (C=O) groups is 1. The van der Waals surface area contributed by atoms with Crippen molar-refractivity contribution < 1.29 is 19.0 Å². The summed E-state index contributed by atoms with van der Waals surface area (Å²) in [6.45, 7) is 4.49. The van der Waals surface area contributed by atoms with Gasteiger partial charge in [0.05, 0.1) is 15.7 Å². The van der Waals surface area contributed by atoms with Crippen LogP contribution in [0.4, 0.5) is 15.0 Å². The van der Waals surface area contributed by atoms with E-state index in [1.165, 1.54) is 12.5 Å². The van der Waals surface area contributed by atoms with Crippen LogP contribution in [-0.4, -0.2) is 31.8 Å². The molecule has 4 aromatic rings. The molecule has 0 amide bonds. The van der Waals surface area contributed by atoms with Crippen LogP contribution in [0.1, 0.15) is 37.3 Å². The van der Waals surface area contributed by atoms with Crippen LogP contribution in [0.25, 0.3) is 22.3 Å². The number of hydrogen-bond donors (Lipinski definition) is 2. The van der Waals surface area contributed by atoms with Crippen molar-refractivity contribution in [2.24, 2.45) is 5.92 Å². The molecular formula is C27H26BrFN4O3. The molecule has 2 heterocycles. The molecule has 5 rings (SSSR count). The standard InChI is InChI=1S/C27H26BrFN4O3/c1-15-5-3-8-19(11-15)23-13-22-24(33(23)14-17-9-10-20(28)21(29)12-17)25(30-16(2)18-6-4-7-18)32-26(31-22)36-27(34)35/h3,5,8-13,16,18H,4,6-7,14H2,1-2H3,(H,34,35)(H,30,31,32)/t16-/m1/s1. The smallest absolute Gasteiger partial charge is 0.449 e. The fourth-order valence-corrected chi connectivity index (χ4v) is 4.92. The summed E-state index contributed by atoms with van der Waals surface area (Å²) in [4.78, 5) is 20.1. The number of ether oxygens (including phenoxy) is 1. The second-order valence-electron chi connectivity index (χ2n) is 9.31. The van der Waals surface area contributed by atoms with Gasteiger partial charge in [-0.25, -0.2) is 9.18 Å². The molecule has 0 unspecified atom stereocenters. The van der Waals surface area contributed by atoms with Crippen molar-refractivity contribution in [1.29, 1.82) is 0 Å². The molecule has 186 valence electrons. The van der Waals surface area contributed by atoms with Crippen LogP contribution in [0.15, 0.2) is 53.0 Å². The van der Waals surface area contributed by atoms with Crippen LogP contribution in [0.2, 0.25) is 0 Å². The zero-order valence-electron chi connectivity index (χ0n) is 20.0. The summed E-state index contributed by atoms with van der Waals surface area (Å²) in [7, 11) is 0. The van der Waals surface area contributed by atoms with Gasteiger partial charge in [0.1, 0.15) is 11.3 Å². The SMILES string of the molecule is Cc1cccc(-c2cc3nc(OC(=O)O)nc(N[C@H](C)C4CCC4)c3n2Cc2ccc(Br)c(F)c2)c1. The molecule has 36 heavy (non-hydrogen) atoms. The highest BCUT2D eigenvalue weighted by Crippen LogP contribution is 2.36. The number of carboxylic acid groups (broad SMARTS) is 1. The molecule has 1 aliphatic rings. The lowest BCUT2D eigenvalue weighted by Gasteiger charge is -2.32. The molecule has 2 N–H and O–H groups in total. The first-order chi connectivity index (χ1) is 17.3. The molecule has 0 saturated heterocycles. The van der Waals surface area contributed by atoms with Gasteiger partial charge in [0.25, 0.3) is 0 Å². The average Bonchev–Trinajstić information content (AvgIpc) is 3.13. The van der Waals surface area contributed by atoms with Gasteiger partial charge < -0.3 is 19.7 Å². The summed E-state index contributed by atoms with van der Waals surface area (Å²) in [5.74, 6) is 0.664. The minimum atomic E-state index is -1.48. The van der Waals surface area contributed by atoms with Crippen molar-refractivity contribution >= 4 is 38.9 Å². The van der Waals surface area contributed by atoms with Gasteiger partial charge in [-0.15, -0.1) is 0 Å². The molecule has 1 atom stereocenters. The number of rotatable bonds is 7. The van der Waals surface area contributed by atoms with E-state index in [9.17, 15) is 14.3 Å². The Kier molecular flexibility index (Phi) is 6.66. The number of aryl methyl sites for hydroxylation is 1. The average molecular weight is 553 g/mol. The van der Waals surface area contributed by atoms with Crippen molar-refractivity contribution in [1.82, 2.24) is 14.5 Å². The number of nitrogens with one attached hydrogen (secondary N) is 1. The number of halogens is 2. The van der Waals surface area contributed by atoms with Crippen LogP contribution in [0.3, 0.4) is 0 Å². The summed E-state index contributed by atoms with van der Waals surface area (Å²) in [5, 5.41) is 12.7. The summed E-state index contributed by atoms with van der Waals surface area (Å²) >= 11 is 3.22. The Morgan fingerprint density at radius 2 is 2.06 bits per heavy atom. The van der Waals surface area contributed by atoms with Gasteiger partial charge in [-0.2, -0.15) is 9.97 Å². The topological polar surface area (TPSA) is 89.3 Å². The van der Waals surface area contributed by atoms with Gasteiger partial charge in [0.15, 0.2) is 5.82 Å². The van der Waals surface area contributed by atoms with Gasteiger partial charge in [-0.3, -0.25) is 0 Å². The van der Waals surface area contributed by atoms with Crippen LogP contribution in [0, 0.1) is 18.7 Å². The zero-order valence-corrected chi connectivity index (χ0v) is 21.5. The number of nitrogens with zero attached hydrogens (tertiary/aromatic N) is 3. The largest absolute Gasteiger partial charge is 0.513 e. The fraction of sp³-hybridized carbons (Fsp3) is 0.296. The number of fused-ring (bicyclic) bond motifs is 1. The van der Waals surface area contributed by atoms with Gasteiger partial charge in [0, 0.05) is 12.6 Å². The van der Waals surface area contributed by atoms with E-state index in [4.69, 9.17) is 4.74 Å². The molecule has 0 aliphatic heterocycles. The summed E-state index contributed by atoms with van der Waals surface area (Å²) < 4.78 is 21.7. The van der Waals surface area contributed by atoms with Crippen molar-refractivity contribution in [2.75, 3.05) is 5.32 Å². The first-order valence-corrected chi connectivity index (χ1v) is 12.7. The minimum absolute atomic E-state index is 0.130. The van der Waals surface area contributed by atoms with Crippen LogP contribution < -0.4 is 10.1 Å². The highest BCUT2D eigenvalue weighted by molar-refractivity contribution is 9.10. The molecule has 2 aromatic carbocycles. The predicted octanol–water partition coefficient (Wildman–Crippen LogP) is 7.01. The monoisotopic (exact) mass is 552 g/mol. The lowest BCUT2D eigenvalue weighted by atomic mass is 9.80. The minimum Gasteiger partial charge on any atom is -0.449 e. The summed E-state index contributed by atoms with van der Waals surface area (Å²) in [5.41, 5.74) is 4.93. The van der Waals surface area contributed by atoms with E-state index in [0.29, 0.717) is 33.8 Å². The van der Waals surface area contributed by atoms with Crippen molar-refractivity contribution in [3.05, 3.63) is 69.9 Å². The highest BCUT2D eigenvalue weighted by atomic mass is 79.9. The van der Waals surface area contributed by atoms with Crippen LogP contribution in [0.5, 0.6) is 6.01 Å². The summed E-state index contributed by atoms with van der Waals surface area (Å²) in [6, 6.07) is 14.9. The molecule has 1 saturated carbocycles. The van der Waals surface area contributed by atoms with Gasteiger partial charge >= 0.3 is 12.2 Å². The van der Waals surface area contributed by atoms with E-state index in [-0.39, 0.29) is 17.9 Å². The number of benzene rings is 2. The van der Waals surface area contributed by atoms with E-state index in [0.717, 1.165) is 35.2 Å². The second kappa shape index (κ2) is 9.89. The van der Waals surface area contributed by atoms with E-state index in [1.807, 2.05) is 41.8 Å². The van der Waals surface area contributed by atoms with Crippen molar-refractivity contribution in [3.8, 4) is 17.3 Å². The molecule has 0 spiro atoms. The van der Waals surface area contributed by atoms with Gasteiger partial charge in [-0.1, -0.05) is 36.2 Å². The molecule has 9 heteroatoms. The summed E-state index contributed by atoms with van der Waals surface area (Å²) in [6.07, 6.45) is 1.99. The Labute approximate surface area is 216 Å². The third-order valence-corrected chi connectivity index (χ3v) is 7.41. The van der Waals surface area contributed by atoms with E-state index >= 15 is 0 Å². The Morgan fingerprint density at radius 1 is 1.25 bits per heavy atom. The van der Waals surface area contributed by atoms with E-state index in [1.54, 1.807) is 6.07 Å². The zero-order chi connectivity index (χ0) is 25.4. The third kappa shape index (κ3) is 4.93. The van der Waals surface area contributed by atoms with Crippen LogP contribution in [-0.2, 0) is 6.54 Å². The highest BCUT2D eigenvalue weighted by Gasteiger charge is 2.26. The van der Waals surface area contributed by atoms with Crippen molar-refractivity contribution in [2.45, 2.75) is 45.7 Å².